The highest BCUT2D eigenvalue weighted by molar-refractivity contribution is 6.00. The summed E-state index contributed by atoms with van der Waals surface area (Å²) in [5, 5.41) is 18.5. The molecule has 6 nitrogen and oxygen atoms in total. The van der Waals surface area contributed by atoms with Gasteiger partial charge in [0.2, 0.25) is 0 Å². The number of benzene rings is 4. The summed E-state index contributed by atoms with van der Waals surface area (Å²) in [6.07, 6.45) is 0. The Balaban J connectivity index is 1.40. The number of aromatic hydroxyl groups is 1. The lowest BCUT2D eigenvalue weighted by Gasteiger charge is -2.27. The largest absolute Gasteiger partial charge is 0.507 e. The van der Waals surface area contributed by atoms with E-state index in [1.165, 1.54) is 0 Å². The van der Waals surface area contributed by atoms with Crippen LogP contribution in [-0.4, -0.2) is 26.1 Å². The smallest absolute Gasteiger partial charge is 0.273 e. The Morgan fingerprint density at radius 1 is 0.897 bits per heavy atom. The van der Waals surface area contributed by atoms with Crippen molar-refractivity contribution in [1.82, 2.24) is 15.1 Å². The van der Waals surface area contributed by atoms with Gasteiger partial charge >= 0.3 is 0 Å². The summed E-state index contributed by atoms with van der Waals surface area (Å²) < 4.78 is 6.01. The molecule has 0 saturated heterocycles. The van der Waals surface area contributed by atoms with Gasteiger partial charge < -0.3 is 14.7 Å². The maximum Gasteiger partial charge on any atom is 0.273 e. The summed E-state index contributed by atoms with van der Waals surface area (Å²) in [5.74, 6) is 0.805. The second-order valence-corrected chi connectivity index (χ2v) is 10.0. The van der Waals surface area contributed by atoms with Crippen LogP contribution in [0.1, 0.15) is 49.9 Å². The van der Waals surface area contributed by atoms with Gasteiger partial charge in [0.05, 0.1) is 6.04 Å². The van der Waals surface area contributed by atoms with E-state index in [1.54, 1.807) is 0 Å². The summed E-state index contributed by atoms with van der Waals surface area (Å²) in [6.45, 7) is 4.78. The number of phenols is 1. The van der Waals surface area contributed by atoms with Crippen LogP contribution in [0.3, 0.4) is 0 Å². The SMILES string of the molecule is Cc1cc(C)c(O)c(-c2n[nH]c3c2C(c2ccc(OCc4ccccc4)cc2)N(Cc2ccccc2)C3=O)c1. The van der Waals surface area contributed by atoms with Gasteiger partial charge in [0.15, 0.2) is 0 Å². The third kappa shape index (κ3) is 4.66. The number of amides is 1. The second-order valence-electron chi connectivity index (χ2n) is 10.0. The predicted octanol–water partition coefficient (Wildman–Crippen LogP) is 6.72. The summed E-state index contributed by atoms with van der Waals surface area (Å²) in [7, 11) is 0. The third-order valence-corrected chi connectivity index (χ3v) is 7.20. The molecule has 0 bridgehead atoms. The summed E-state index contributed by atoms with van der Waals surface area (Å²) in [5.41, 5.74) is 7.28. The molecule has 5 aromatic rings. The molecule has 1 atom stereocenters. The van der Waals surface area contributed by atoms with E-state index in [9.17, 15) is 9.90 Å². The first-order valence-electron chi connectivity index (χ1n) is 13.0. The lowest BCUT2D eigenvalue weighted by atomic mass is 9.94. The van der Waals surface area contributed by atoms with E-state index in [1.807, 2.05) is 116 Å². The van der Waals surface area contributed by atoms with Crippen LogP contribution in [0.5, 0.6) is 11.5 Å². The van der Waals surface area contributed by atoms with Crippen LogP contribution >= 0.6 is 0 Å². The van der Waals surface area contributed by atoms with Gasteiger partial charge in [-0.2, -0.15) is 5.10 Å². The lowest BCUT2D eigenvalue weighted by Crippen LogP contribution is -2.29. The first-order chi connectivity index (χ1) is 19.0. The van der Waals surface area contributed by atoms with E-state index < -0.39 is 0 Å². The number of phenolic OH excluding ortho intramolecular Hbond substituents is 1. The number of hydrogen-bond acceptors (Lipinski definition) is 4. The van der Waals surface area contributed by atoms with Crippen LogP contribution in [-0.2, 0) is 13.2 Å². The lowest BCUT2D eigenvalue weighted by molar-refractivity contribution is 0.0730. The van der Waals surface area contributed by atoms with E-state index >= 15 is 0 Å². The minimum Gasteiger partial charge on any atom is -0.507 e. The number of hydrogen-bond donors (Lipinski definition) is 2. The van der Waals surface area contributed by atoms with E-state index in [2.05, 4.69) is 10.2 Å². The Kier molecular flexibility index (Phi) is 6.37. The zero-order valence-corrected chi connectivity index (χ0v) is 21.9. The normalized spacial score (nSPS) is 14.5. The number of ether oxygens (including phenoxy) is 1. The fourth-order valence-corrected chi connectivity index (χ4v) is 5.32. The van der Waals surface area contributed by atoms with Gasteiger partial charge in [0, 0.05) is 17.7 Å². The molecule has 2 heterocycles. The number of H-pyrrole nitrogens is 1. The maximum absolute atomic E-state index is 13.7. The number of carbonyl (C=O) groups is 1. The first kappa shape index (κ1) is 24.5. The molecule has 0 saturated carbocycles. The van der Waals surface area contributed by atoms with Gasteiger partial charge in [-0.25, -0.2) is 0 Å². The van der Waals surface area contributed by atoms with Crippen molar-refractivity contribution in [3.63, 3.8) is 0 Å². The van der Waals surface area contributed by atoms with Gasteiger partial charge in [-0.05, 0) is 59.9 Å². The van der Waals surface area contributed by atoms with Crippen molar-refractivity contribution in [1.29, 1.82) is 0 Å². The molecular weight excluding hydrogens is 486 g/mol. The van der Waals surface area contributed by atoms with Crippen molar-refractivity contribution >= 4 is 5.91 Å². The fraction of sp³-hybridized carbons (Fsp3) is 0.152. The number of nitrogens with zero attached hydrogens (tertiary/aromatic N) is 2. The van der Waals surface area contributed by atoms with Crippen LogP contribution in [0.4, 0.5) is 0 Å². The molecule has 4 aromatic carbocycles. The highest BCUT2D eigenvalue weighted by Gasteiger charge is 2.42. The minimum absolute atomic E-state index is 0.120. The second kappa shape index (κ2) is 10.1. The van der Waals surface area contributed by atoms with E-state index in [-0.39, 0.29) is 17.7 Å². The molecule has 1 aliphatic heterocycles. The van der Waals surface area contributed by atoms with E-state index in [0.717, 1.165) is 39.1 Å². The predicted molar refractivity (Wildman–Crippen MR) is 151 cm³/mol. The molecule has 1 aliphatic rings. The molecule has 1 aromatic heterocycles. The number of aromatic amines is 1. The Bertz CT molecular complexity index is 1630. The van der Waals surface area contributed by atoms with Crippen molar-refractivity contribution in [2.75, 3.05) is 0 Å². The molecule has 0 spiro atoms. The number of carbonyl (C=O) groups excluding carboxylic acids is 1. The molecule has 0 radical (unpaired) electrons. The minimum atomic E-state index is -0.384. The summed E-state index contributed by atoms with van der Waals surface area (Å²) >= 11 is 0. The number of rotatable bonds is 7. The standard InChI is InChI=1S/C33H29N3O3/c1-21-17-22(2)32(37)27(18-21)29-28-30(35-34-29)33(38)36(19-23-9-5-3-6-10-23)31(28)25-13-15-26(16-14-25)39-20-24-11-7-4-8-12-24/h3-18,31,37H,19-20H2,1-2H3,(H,34,35). The topological polar surface area (TPSA) is 78.5 Å². The van der Waals surface area contributed by atoms with Crippen LogP contribution in [0.15, 0.2) is 97.1 Å². The summed E-state index contributed by atoms with van der Waals surface area (Å²) in [6, 6.07) is 31.3. The number of aryl methyl sites for hydroxylation is 2. The highest BCUT2D eigenvalue weighted by atomic mass is 16.5. The molecule has 0 fully saturated rings. The Hall–Kier alpha value is -4.84. The van der Waals surface area contributed by atoms with E-state index in [4.69, 9.17) is 4.74 Å². The zero-order valence-electron chi connectivity index (χ0n) is 21.9. The van der Waals surface area contributed by atoms with Gasteiger partial charge in [-0.1, -0.05) is 78.9 Å². The third-order valence-electron chi connectivity index (χ3n) is 7.20. The van der Waals surface area contributed by atoms with Gasteiger partial charge in [-0.15, -0.1) is 0 Å². The number of fused-ring (bicyclic) bond motifs is 1. The van der Waals surface area contributed by atoms with Crippen molar-refractivity contribution in [2.24, 2.45) is 0 Å². The quantitative estimate of drug-likeness (QED) is 0.252. The molecule has 6 heteroatoms. The Morgan fingerprint density at radius 3 is 2.26 bits per heavy atom. The Labute approximate surface area is 227 Å². The highest BCUT2D eigenvalue weighted by Crippen LogP contribution is 2.46. The van der Waals surface area contributed by atoms with Crippen LogP contribution < -0.4 is 4.74 Å². The molecule has 0 aliphatic carbocycles. The molecule has 194 valence electrons. The first-order valence-corrected chi connectivity index (χ1v) is 13.0. The van der Waals surface area contributed by atoms with Gasteiger partial charge in [0.1, 0.15) is 29.5 Å². The zero-order chi connectivity index (χ0) is 26.9. The average Bonchev–Trinajstić information content (AvgIpc) is 3.50. The average molecular weight is 516 g/mol. The molecule has 1 unspecified atom stereocenters. The molecular formula is C33H29N3O3. The fourth-order valence-electron chi connectivity index (χ4n) is 5.32. The molecule has 6 rings (SSSR count). The van der Waals surface area contributed by atoms with Gasteiger partial charge in [-0.3, -0.25) is 9.89 Å². The van der Waals surface area contributed by atoms with E-state index in [0.29, 0.717) is 30.1 Å². The number of aromatic nitrogens is 2. The molecule has 2 N–H and O–H groups in total. The van der Waals surface area contributed by atoms with Gasteiger partial charge in [0.25, 0.3) is 5.91 Å². The van der Waals surface area contributed by atoms with Crippen LogP contribution in [0, 0.1) is 13.8 Å². The van der Waals surface area contributed by atoms with Crippen molar-refractivity contribution < 1.29 is 14.6 Å². The van der Waals surface area contributed by atoms with Crippen molar-refractivity contribution in [3.05, 3.63) is 136 Å². The monoisotopic (exact) mass is 515 g/mol. The van der Waals surface area contributed by atoms with Crippen LogP contribution in [0.2, 0.25) is 0 Å². The van der Waals surface area contributed by atoms with Crippen LogP contribution in [0.25, 0.3) is 11.3 Å². The van der Waals surface area contributed by atoms with Crippen molar-refractivity contribution in [2.45, 2.75) is 33.0 Å². The Morgan fingerprint density at radius 2 is 1.56 bits per heavy atom. The van der Waals surface area contributed by atoms with Crippen molar-refractivity contribution in [3.8, 4) is 22.8 Å². The number of nitrogens with one attached hydrogen (secondary N) is 1. The molecule has 1 amide bonds. The summed E-state index contributed by atoms with van der Waals surface area (Å²) in [4.78, 5) is 15.6. The molecule has 39 heavy (non-hydrogen) atoms. The maximum atomic E-state index is 13.7.